The molecule has 0 fully saturated rings. The van der Waals surface area contributed by atoms with Gasteiger partial charge in [-0.1, -0.05) is 25.1 Å². The molecule has 0 unspecified atom stereocenters. The minimum absolute atomic E-state index is 0.190. The summed E-state index contributed by atoms with van der Waals surface area (Å²) in [5, 5.41) is 13.4. The molecule has 3 rings (SSSR count). The number of hydrogen-bond acceptors (Lipinski definition) is 6. The average molecular weight is 515 g/mol. The number of rotatable bonds is 9. The summed E-state index contributed by atoms with van der Waals surface area (Å²) in [5.41, 5.74) is -0.702. The molecule has 194 valence electrons. The highest BCUT2D eigenvalue weighted by molar-refractivity contribution is 6.12. The number of anilines is 3. The van der Waals surface area contributed by atoms with Gasteiger partial charge in [-0.05, 0) is 24.6 Å². The molecule has 3 aromatic rings. The number of nitrogens with one attached hydrogen (secondary N) is 2. The van der Waals surface area contributed by atoms with E-state index in [1.807, 2.05) is 5.32 Å². The molecule has 0 aliphatic heterocycles. The van der Waals surface area contributed by atoms with Crippen molar-refractivity contribution in [2.75, 3.05) is 29.1 Å². The van der Waals surface area contributed by atoms with Gasteiger partial charge < -0.3 is 15.3 Å². The minimum atomic E-state index is -4.78. The molecule has 1 heterocycles. The van der Waals surface area contributed by atoms with Crippen molar-refractivity contribution in [2.45, 2.75) is 25.9 Å². The van der Waals surface area contributed by atoms with Crippen LogP contribution < -0.4 is 15.5 Å². The van der Waals surface area contributed by atoms with E-state index in [1.54, 1.807) is 19.1 Å². The van der Waals surface area contributed by atoms with Crippen molar-refractivity contribution in [1.82, 2.24) is 9.97 Å². The maximum Gasteiger partial charge on any atom is 0.418 e. The number of nitrogens with zero attached hydrogens (tertiary/aromatic N) is 3. The van der Waals surface area contributed by atoms with Crippen LogP contribution in [-0.4, -0.2) is 46.5 Å². The SMILES string of the molecule is CCCN(C)c1cc(NC(=O)O)c(NC(=O)CC(=O)c2cccc(-c3cnccn3)c2)cc1C(F)(F)F. The van der Waals surface area contributed by atoms with Gasteiger partial charge in [-0.25, -0.2) is 4.79 Å². The van der Waals surface area contributed by atoms with E-state index in [4.69, 9.17) is 0 Å². The molecule has 0 saturated carbocycles. The molecular weight excluding hydrogens is 491 g/mol. The number of alkyl halides is 3. The van der Waals surface area contributed by atoms with Crippen LogP contribution in [0.1, 0.15) is 35.7 Å². The lowest BCUT2D eigenvalue weighted by Crippen LogP contribution is -2.24. The van der Waals surface area contributed by atoms with Crippen molar-refractivity contribution in [3.63, 3.8) is 0 Å². The van der Waals surface area contributed by atoms with Crippen LogP contribution in [-0.2, 0) is 11.0 Å². The number of Topliss-reactive ketones (excluding diaryl/α,β-unsaturated/α-hetero) is 1. The van der Waals surface area contributed by atoms with Crippen molar-refractivity contribution >= 4 is 34.8 Å². The normalized spacial score (nSPS) is 11.1. The topological polar surface area (TPSA) is 125 Å². The second kappa shape index (κ2) is 11.5. The van der Waals surface area contributed by atoms with Gasteiger partial charge in [0.05, 0.1) is 40.9 Å². The average Bonchev–Trinajstić information content (AvgIpc) is 2.84. The maximum atomic E-state index is 13.8. The Balaban J connectivity index is 1.88. The fraction of sp³-hybridized carbons (Fsp3) is 0.240. The van der Waals surface area contributed by atoms with Crippen LogP contribution in [0.5, 0.6) is 0 Å². The second-order valence-electron chi connectivity index (χ2n) is 8.08. The first-order valence-corrected chi connectivity index (χ1v) is 11.2. The third kappa shape index (κ3) is 7.03. The first-order valence-electron chi connectivity index (χ1n) is 11.2. The zero-order valence-corrected chi connectivity index (χ0v) is 20.0. The quantitative estimate of drug-likeness (QED) is 0.261. The second-order valence-corrected chi connectivity index (χ2v) is 8.08. The molecule has 0 radical (unpaired) electrons. The van der Waals surface area contributed by atoms with Crippen molar-refractivity contribution < 1.29 is 32.7 Å². The largest absolute Gasteiger partial charge is 0.465 e. The lowest BCUT2D eigenvalue weighted by atomic mass is 10.0. The molecule has 0 aliphatic rings. The molecule has 0 saturated heterocycles. The van der Waals surface area contributed by atoms with Crippen molar-refractivity contribution in [1.29, 1.82) is 0 Å². The van der Waals surface area contributed by atoms with Crippen molar-refractivity contribution in [3.05, 3.63) is 66.1 Å². The minimum Gasteiger partial charge on any atom is -0.465 e. The summed E-state index contributed by atoms with van der Waals surface area (Å²) < 4.78 is 41.5. The molecule has 12 heteroatoms. The first-order chi connectivity index (χ1) is 17.5. The highest BCUT2D eigenvalue weighted by atomic mass is 19.4. The van der Waals surface area contributed by atoms with Crippen LogP contribution in [0.25, 0.3) is 11.3 Å². The molecule has 9 nitrogen and oxygen atoms in total. The van der Waals surface area contributed by atoms with Crippen LogP contribution in [0.4, 0.5) is 35.0 Å². The van der Waals surface area contributed by atoms with Gasteiger partial charge in [-0.2, -0.15) is 13.2 Å². The molecule has 2 amide bonds. The van der Waals surface area contributed by atoms with Gasteiger partial charge in [-0.15, -0.1) is 0 Å². The molecule has 0 bridgehead atoms. The molecule has 0 atom stereocenters. The maximum absolute atomic E-state index is 13.8. The van der Waals surface area contributed by atoms with Gasteiger partial charge in [-0.3, -0.25) is 24.9 Å². The van der Waals surface area contributed by atoms with Gasteiger partial charge in [0.1, 0.15) is 0 Å². The van der Waals surface area contributed by atoms with Gasteiger partial charge >= 0.3 is 12.3 Å². The summed E-state index contributed by atoms with van der Waals surface area (Å²) in [4.78, 5) is 46.1. The summed E-state index contributed by atoms with van der Waals surface area (Å²) in [6, 6.07) is 7.99. The van der Waals surface area contributed by atoms with Crippen molar-refractivity contribution in [2.24, 2.45) is 0 Å². The number of halogens is 3. The molecular formula is C25H24F3N5O4. The predicted octanol–water partition coefficient (Wildman–Crippen LogP) is 5.31. The van der Waals surface area contributed by atoms with Gasteiger partial charge in [0.25, 0.3) is 0 Å². The Morgan fingerprint density at radius 1 is 1.05 bits per heavy atom. The van der Waals surface area contributed by atoms with Gasteiger partial charge in [0, 0.05) is 37.1 Å². The van der Waals surface area contributed by atoms with E-state index in [9.17, 15) is 32.7 Å². The number of carbonyl (C=O) groups is 3. The zero-order valence-electron chi connectivity index (χ0n) is 20.0. The molecule has 3 N–H and O–H groups in total. The number of ketones is 1. The van der Waals surface area contributed by atoms with Gasteiger partial charge in [0.2, 0.25) is 5.91 Å². The summed E-state index contributed by atoms with van der Waals surface area (Å²) in [7, 11) is 1.45. The van der Waals surface area contributed by atoms with Gasteiger partial charge in [0.15, 0.2) is 5.78 Å². The molecule has 2 aromatic carbocycles. The van der Waals surface area contributed by atoms with E-state index in [0.717, 1.165) is 6.07 Å². The predicted molar refractivity (Wildman–Crippen MR) is 132 cm³/mol. The van der Waals surface area contributed by atoms with E-state index in [1.165, 1.54) is 42.7 Å². The number of hydrogen-bond donors (Lipinski definition) is 3. The van der Waals surface area contributed by atoms with Crippen LogP contribution >= 0.6 is 0 Å². The number of carbonyl (C=O) groups excluding carboxylic acids is 2. The number of amides is 2. The zero-order chi connectivity index (χ0) is 27.2. The number of benzene rings is 2. The Bertz CT molecular complexity index is 1300. The smallest absolute Gasteiger partial charge is 0.418 e. The molecule has 0 spiro atoms. The lowest BCUT2D eigenvalue weighted by Gasteiger charge is -2.25. The summed E-state index contributed by atoms with van der Waals surface area (Å²) >= 11 is 0. The summed E-state index contributed by atoms with van der Waals surface area (Å²) in [6.07, 6.45) is -1.96. The van der Waals surface area contributed by atoms with Crippen LogP contribution in [0.15, 0.2) is 55.0 Å². The number of carboxylic acid groups (broad SMARTS) is 1. The molecule has 1 aromatic heterocycles. The van der Waals surface area contributed by atoms with Crippen molar-refractivity contribution in [3.8, 4) is 11.3 Å². The van der Waals surface area contributed by atoms with Crippen LogP contribution in [0.2, 0.25) is 0 Å². The fourth-order valence-electron chi connectivity index (χ4n) is 3.65. The lowest BCUT2D eigenvalue weighted by molar-refractivity contribution is -0.137. The number of aromatic nitrogens is 2. The van der Waals surface area contributed by atoms with E-state index in [-0.39, 0.29) is 23.5 Å². The van der Waals surface area contributed by atoms with E-state index < -0.39 is 41.6 Å². The van der Waals surface area contributed by atoms with E-state index in [0.29, 0.717) is 23.7 Å². The fourth-order valence-corrected chi connectivity index (χ4v) is 3.65. The Morgan fingerprint density at radius 2 is 1.78 bits per heavy atom. The Morgan fingerprint density at radius 3 is 2.41 bits per heavy atom. The Labute approximate surface area is 210 Å². The van der Waals surface area contributed by atoms with Crippen LogP contribution in [0, 0.1) is 0 Å². The molecule has 37 heavy (non-hydrogen) atoms. The monoisotopic (exact) mass is 515 g/mol. The highest BCUT2D eigenvalue weighted by Crippen LogP contribution is 2.41. The Hall–Kier alpha value is -4.48. The van der Waals surface area contributed by atoms with E-state index in [2.05, 4.69) is 15.3 Å². The highest BCUT2D eigenvalue weighted by Gasteiger charge is 2.36. The third-order valence-corrected chi connectivity index (χ3v) is 5.29. The summed E-state index contributed by atoms with van der Waals surface area (Å²) in [5.74, 6) is -1.50. The first kappa shape index (κ1) is 27.1. The summed E-state index contributed by atoms with van der Waals surface area (Å²) in [6.45, 7) is 2.07. The Kier molecular flexibility index (Phi) is 8.43. The molecule has 0 aliphatic carbocycles. The van der Waals surface area contributed by atoms with Crippen LogP contribution in [0.3, 0.4) is 0 Å². The third-order valence-electron chi connectivity index (χ3n) is 5.29. The standard InChI is InChI=1S/C25H24F3N5O4/c1-3-9-33(2)21-12-19(32-24(36)37)18(11-17(21)25(26,27)28)31-23(35)13-22(34)16-6-4-5-15(10-16)20-14-29-7-8-30-20/h4-8,10-12,14,32H,3,9,13H2,1-2H3,(H,31,35)(H,36,37). The van der Waals surface area contributed by atoms with E-state index >= 15 is 0 Å².